The van der Waals surface area contributed by atoms with Crippen LogP contribution in [0.1, 0.15) is 13.8 Å². The molecule has 1 aromatic carbocycles. The quantitative estimate of drug-likeness (QED) is 0.596. The second-order valence-electron chi connectivity index (χ2n) is 4.50. The smallest absolute Gasteiger partial charge is 0.330 e. The van der Waals surface area contributed by atoms with Crippen molar-refractivity contribution in [2.45, 2.75) is 19.4 Å². The van der Waals surface area contributed by atoms with Gasteiger partial charge in [0.1, 0.15) is 5.54 Å². The fraction of sp³-hybridized carbons (Fsp3) is 0.333. The second kappa shape index (κ2) is 3.76. The summed E-state index contributed by atoms with van der Waals surface area (Å²) in [7, 11) is 1.69. The maximum absolute atomic E-state index is 12.2. The fourth-order valence-electron chi connectivity index (χ4n) is 1.88. The Kier molecular flexibility index (Phi) is 2.53. The van der Waals surface area contributed by atoms with E-state index in [4.69, 9.17) is 5.21 Å². The number of rotatable bonds is 1. The third kappa shape index (κ3) is 1.54. The largest absolute Gasteiger partial charge is 0.409 e. The normalized spacial score (nSPS) is 21.4. The van der Waals surface area contributed by atoms with Crippen molar-refractivity contribution in [3.05, 3.63) is 30.3 Å². The van der Waals surface area contributed by atoms with Crippen LogP contribution < -0.4 is 4.90 Å². The summed E-state index contributed by atoms with van der Waals surface area (Å²) in [6.07, 6.45) is 0. The maximum atomic E-state index is 12.2. The first-order valence-electron chi connectivity index (χ1n) is 5.35. The van der Waals surface area contributed by atoms with Crippen LogP contribution in [-0.4, -0.2) is 34.6 Å². The lowest BCUT2D eigenvalue weighted by Crippen LogP contribution is -2.41. The molecule has 2 amide bonds. The molecule has 5 heteroatoms. The number of para-hydroxylation sites is 1. The van der Waals surface area contributed by atoms with Crippen LogP contribution in [0.5, 0.6) is 0 Å². The Morgan fingerprint density at radius 1 is 1.24 bits per heavy atom. The van der Waals surface area contributed by atoms with E-state index in [9.17, 15) is 4.79 Å². The van der Waals surface area contributed by atoms with Crippen LogP contribution >= 0.6 is 0 Å². The molecule has 1 heterocycles. The summed E-state index contributed by atoms with van der Waals surface area (Å²) in [5.41, 5.74) is 0.0736. The average molecular weight is 233 g/mol. The molecule has 1 fully saturated rings. The minimum Gasteiger partial charge on any atom is -0.409 e. The van der Waals surface area contributed by atoms with Crippen LogP contribution in [0.15, 0.2) is 35.5 Å². The number of urea groups is 1. The molecule has 2 rings (SSSR count). The zero-order chi connectivity index (χ0) is 12.6. The highest BCUT2D eigenvalue weighted by Gasteiger charge is 2.48. The summed E-state index contributed by atoms with van der Waals surface area (Å²) in [5, 5.41) is 12.4. The molecule has 1 aromatic rings. The number of hydrogen-bond donors (Lipinski definition) is 1. The first-order chi connectivity index (χ1) is 8.00. The van der Waals surface area contributed by atoms with Crippen LogP contribution in [-0.2, 0) is 0 Å². The topological polar surface area (TPSA) is 56.1 Å². The Bertz CT molecular complexity index is 468. The van der Waals surface area contributed by atoms with E-state index in [1.165, 1.54) is 4.90 Å². The molecule has 17 heavy (non-hydrogen) atoms. The molecule has 5 nitrogen and oxygen atoms in total. The van der Waals surface area contributed by atoms with Gasteiger partial charge in [0, 0.05) is 7.05 Å². The van der Waals surface area contributed by atoms with Gasteiger partial charge in [0.05, 0.1) is 5.69 Å². The number of carbonyl (C=O) groups is 1. The summed E-state index contributed by atoms with van der Waals surface area (Å²) in [4.78, 5) is 15.1. The van der Waals surface area contributed by atoms with E-state index in [0.29, 0.717) is 11.5 Å². The van der Waals surface area contributed by atoms with Crippen LogP contribution in [0.4, 0.5) is 10.5 Å². The van der Waals surface area contributed by atoms with Gasteiger partial charge in [-0.05, 0) is 26.0 Å². The molecule has 0 aliphatic carbocycles. The Balaban J connectivity index is 2.52. The van der Waals surface area contributed by atoms with Crippen LogP contribution in [0.3, 0.4) is 0 Å². The number of benzene rings is 1. The average Bonchev–Trinajstić information content (AvgIpc) is 2.50. The summed E-state index contributed by atoms with van der Waals surface area (Å²) >= 11 is 0. The van der Waals surface area contributed by atoms with Gasteiger partial charge >= 0.3 is 6.03 Å². The van der Waals surface area contributed by atoms with E-state index < -0.39 is 5.54 Å². The predicted octanol–water partition coefficient (Wildman–Crippen LogP) is 2.12. The monoisotopic (exact) mass is 233 g/mol. The maximum Gasteiger partial charge on any atom is 0.330 e. The fourth-order valence-corrected chi connectivity index (χ4v) is 1.88. The molecule has 1 saturated heterocycles. The molecular weight excluding hydrogens is 218 g/mol. The first-order valence-corrected chi connectivity index (χ1v) is 5.35. The lowest BCUT2D eigenvalue weighted by atomic mass is 10.0. The number of nitrogens with zero attached hydrogens (tertiary/aromatic N) is 3. The Labute approximate surface area is 99.9 Å². The van der Waals surface area contributed by atoms with Gasteiger partial charge in [-0.15, -0.1) is 0 Å². The van der Waals surface area contributed by atoms with Gasteiger partial charge in [0.25, 0.3) is 0 Å². The van der Waals surface area contributed by atoms with Crippen molar-refractivity contribution in [3.63, 3.8) is 0 Å². The highest BCUT2D eigenvalue weighted by atomic mass is 16.4. The van der Waals surface area contributed by atoms with Crippen LogP contribution in [0.2, 0.25) is 0 Å². The molecule has 0 bridgehead atoms. The number of hydrogen-bond acceptors (Lipinski definition) is 3. The van der Waals surface area contributed by atoms with Gasteiger partial charge in [0.2, 0.25) is 0 Å². The highest BCUT2D eigenvalue weighted by Crippen LogP contribution is 2.31. The van der Waals surface area contributed by atoms with Gasteiger partial charge in [-0.2, -0.15) is 0 Å². The number of oxime groups is 1. The first kappa shape index (κ1) is 11.4. The molecule has 1 aliphatic rings. The van der Waals surface area contributed by atoms with Crippen molar-refractivity contribution in [1.29, 1.82) is 0 Å². The molecule has 0 atom stereocenters. The molecule has 0 aromatic heterocycles. The molecule has 1 aliphatic heterocycles. The van der Waals surface area contributed by atoms with E-state index >= 15 is 0 Å². The number of likely N-dealkylation sites (N-methyl/N-ethyl adjacent to an activating group) is 1. The second-order valence-corrected chi connectivity index (χ2v) is 4.50. The zero-order valence-corrected chi connectivity index (χ0v) is 10.1. The van der Waals surface area contributed by atoms with Gasteiger partial charge in [-0.3, -0.25) is 0 Å². The lowest BCUT2D eigenvalue weighted by molar-refractivity contribution is 0.205. The van der Waals surface area contributed by atoms with Crippen molar-refractivity contribution in [3.8, 4) is 0 Å². The van der Waals surface area contributed by atoms with E-state index in [1.54, 1.807) is 24.1 Å². The SMILES string of the molecule is CN1C(=O)N(c2ccccc2)/C(=N/O)C1(C)C. The molecule has 0 spiro atoms. The molecule has 90 valence electrons. The highest BCUT2D eigenvalue weighted by molar-refractivity contribution is 6.24. The third-order valence-corrected chi connectivity index (χ3v) is 3.18. The van der Waals surface area contributed by atoms with Crippen LogP contribution in [0.25, 0.3) is 0 Å². The molecule has 1 N–H and O–H groups in total. The van der Waals surface area contributed by atoms with Crippen molar-refractivity contribution in [2.75, 3.05) is 11.9 Å². The minimum absolute atomic E-state index is 0.200. The Morgan fingerprint density at radius 3 is 2.35 bits per heavy atom. The van der Waals surface area contributed by atoms with Crippen molar-refractivity contribution < 1.29 is 10.0 Å². The van der Waals surface area contributed by atoms with Crippen molar-refractivity contribution in [2.24, 2.45) is 5.16 Å². The summed E-state index contributed by atoms with van der Waals surface area (Å²) in [5.74, 6) is 0.330. The molecular formula is C12H15N3O2. The van der Waals surface area contributed by atoms with Gasteiger partial charge < -0.3 is 10.1 Å². The van der Waals surface area contributed by atoms with Crippen LogP contribution in [0, 0.1) is 0 Å². The van der Waals surface area contributed by atoms with Gasteiger partial charge in [0.15, 0.2) is 5.84 Å². The molecule has 0 radical (unpaired) electrons. The number of amides is 2. The third-order valence-electron chi connectivity index (χ3n) is 3.18. The molecule has 0 saturated carbocycles. The van der Waals surface area contributed by atoms with Crippen molar-refractivity contribution >= 4 is 17.6 Å². The standard InChI is InChI=1S/C12H15N3O2/c1-12(2)10(13-17)15(11(16)14(12)3)9-7-5-4-6-8-9/h4-8,17H,1-3H3/b13-10+. The Morgan fingerprint density at radius 2 is 1.82 bits per heavy atom. The summed E-state index contributed by atoms with van der Waals surface area (Å²) in [6, 6.07) is 8.95. The van der Waals surface area contributed by atoms with Gasteiger partial charge in [-0.1, -0.05) is 23.4 Å². The minimum atomic E-state index is -0.623. The van der Waals surface area contributed by atoms with E-state index in [0.717, 1.165) is 0 Å². The zero-order valence-electron chi connectivity index (χ0n) is 10.1. The van der Waals surface area contributed by atoms with Crippen molar-refractivity contribution in [1.82, 2.24) is 4.90 Å². The van der Waals surface area contributed by atoms with E-state index in [1.807, 2.05) is 32.0 Å². The number of amidine groups is 1. The van der Waals surface area contributed by atoms with E-state index in [-0.39, 0.29) is 6.03 Å². The lowest BCUT2D eigenvalue weighted by Gasteiger charge is -2.24. The molecule has 0 unspecified atom stereocenters. The van der Waals surface area contributed by atoms with E-state index in [2.05, 4.69) is 5.16 Å². The summed E-state index contributed by atoms with van der Waals surface area (Å²) < 4.78 is 0. The van der Waals surface area contributed by atoms with Gasteiger partial charge in [-0.25, -0.2) is 9.69 Å². The number of anilines is 1. The predicted molar refractivity (Wildman–Crippen MR) is 65.4 cm³/mol. The summed E-state index contributed by atoms with van der Waals surface area (Å²) in [6.45, 7) is 3.67. The Hall–Kier alpha value is -2.04. The number of carbonyl (C=O) groups excluding carboxylic acids is 1.